The third-order valence-corrected chi connectivity index (χ3v) is 13.1. The molecule has 65 heavy (non-hydrogen) atoms. The van der Waals surface area contributed by atoms with E-state index in [1.165, 1.54) is 11.1 Å². The van der Waals surface area contributed by atoms with Crippen molar-refractivity contribution in [2.75, 3.05) is 9.80 Å². The number of fused-ring (bicyclic) bond motifs is 7. The molecule has 0 amide bonds. The summed E-state index contributed by atoms with van der Waals surface area (Å²) in [6.45, 7) is 15.5. The highest BCUT2D eigenvalue weighted by atomic mass is 16.5. The Labute approximate surface area is 383 Å². The van der Waals surface area contributed by atoms with Crippen molar-refractivity contribution in [2.45, 2.75) is 59.2 Å². The molecule has 7 aromatic carbocycles. The summed E-state index contributed by atoms with van der Waals surface area (Å²) in [7, 11) is 0. The molecule has 4 nitrogen and oxygen atoms in total. The molecule has 5 atom stereocenters. The number of ether oxygens (including phenoxy) is 2. The number of benzene rings is 7. The van der Waals surface area contributed by atoms with Crippen molar-refractivity contribution in [3.63, 3.8) is 0 Å². The van der Waals surface area contributed by atoms with Crippen LogP contribution in [-0.4, -0.2) is 12.2 Å². The number of allylic oxidation sites excluding steroid dienone is 6. The lowest BCUT2D eigenvalue weighted by Gasteiger charge is -2.32. The van der Waals surface area contributed by atoms with Gasteiger partial charge < -0.3 is 19.3 Å². The molecule has 2 aliphatic heterocycles. The Kier molecular flexibility index (Phi) is 10.9. The quantitative estimate of drug-likeness (QED) is 0.101. The fraction of sp³-hybridized carbons (Fsp3) is 0.180. The number of anilines is 5. The van der Waals surface area contributed by atoms with Crippen LogP contribution in [0, 0.1) is 36.0 Å². The Morgan fingerprint density at radius 2 is 1.35 bits per heavy atom. The molecule has 0 bridgehead atoms. The molecule has 4 heteroatoms. The maximum Gasteiger partial charge on any atom is 0.156 e. The van der Waals surface area contributed by atoms with E-state index >= 15 is 0 Å². The summed E-state index contributed by atoms with van der Waals surface area (Å²) in [5.74, 6) is 11.6. The van der Waals surface area contributed by atoms with Crippen LogP contribution < -0.4 is 14.5 Å². The molecule has 1 aliphatic carbocycles. The SMILES string of the molecule is C#C/C(C)=C\C1C#CC(C)Oc2ccc(N(c3ccccc3)c3cc4c5ccccc5c(N(C(=C)CC(C)C5=C(C)C6C=C(C)C=CC6O5)c5ccccc5)cc4c4ccccc34)cc21. The Hall–Kier alpha value is -7.66. The van der Waals surface area contributed by atoms with E-state index in [-0.39, 0.29) is 30.0 Å². The van der Waals surface area contributed by atoms with Gasteiger partial charge in [0.1, 0.15) is 11.9 Å². The van der Waals surface area contributed by atoms with Gasteiger partial charge in [0.25, 0.3) is 0 Å². The summed E-state index contributed by atoms with van der Waals surface area (Å²) in [6, 6.07) is 50.1. The van der Waals surface area contributed by atoms with E-state index < -0.39 is 0 Å². The van der Waals surface area contributed by atoms with Gasteiger partial charge in [-0.05, 0) is 127 Å². The average molecular weight is 845 g/mol. The second-order valence-corrected chi connectivity index (χ2v) is 17.7. The van der Waals surface area contributed by atoms with Gasteiger partial charge >= 0.3 is 0 Å². The van der Waals surface area contributed by atoms with Gasteiger partial charge in [-0.25, -0.2) is 0 Å². The van der Waals surface area contributed by atoms with Crippen LogP contribution in [0.2, 0.25) is 0 Å². The van der Waals surface area contributed by atoms with Crippen LogP contribution in [-0.2, 0) is 4.74 Å². The minimum atomic E-state index is -0.248. The zero-order chi connectivity index (χ0) is 44.8. The van der Waals surface area contributed by atoms with E-state index in [9.17, 15) is 0 Å². The van der Waals surface area contributed by atoms with Gasteiger partial charge in [0.05, 0.1) is 23.1 Å². The molecule has 318 valence electrons. The number of hydrogen-bond acceptors (Lipinski definition) is 4. The third-order valence-electron chi connectivity index (χ3n) is 13.1. The smallest absolute Gasteiger partial charge is 0.156 e. The molecule has 0 spiro atoms. The largest absolute Gasteiger partial charge is 0.489 e. The summed E-state index contributed by atoms with van der Waals surface area (Å²) in [6.07, 6.45) is 15.2. The zero-order valence-electron chi connectivity index (χ0n) is 37.7. The van der Waals surface area contributed by atoms with E-state index in [4.69, 9.17) is 22.5 Å². The molecule has 0 fully saturated rings. The van der Waals surface area contributed by atoms with Crippen LogP contribution in [0.3, 0.4) is 0 Å². The molecular weight excluding hydrogens is 793 g/mol. The lowest BCUT2D eigenvalue weighted by Crippen LogP contribution is -2.19. The van der Waals surface area contributed by atoms with E-state index in [0.717, 1.165) is 95.5 Å². The van der Waals surface area contributed by atoms with Gasteiger partial charge in [0.15, 0.2) is 6.10 Å². The molecule has 0 radical (unpaired) electrons. The first kappa shape index (κ1) is 41.4. The number of terminal acetylenes is 1. The van der Waals surface area contributed by atoms with Crippen molar-refractivity contribution in [3.05, 3.63) is 204 Å². The molecule has 2 heterocycles. The second kappa shape index (κ2) is 17.1. The van der Waals surface area contributed by atoms with E-state index in [1.807, 2.05) is 13.8 Å². The van der Waals surface area contributed by atoms with Crippen LogP contribution in [0.15, 0.2) is 199 Å². The van der Waals surface area contributed by atoms with Gasteiger partial charge in [-0.3, -0.25) is 0 Å². The van der Waals surface area contributed by atoms with E-state index in [2.05, 4.69) is 212 Å². The number of nitrogens with zero attached hydrogens (tertiary/aromatic N) is 2. The van der Waals surface area contributed by atoms with Gasteiger partial charge in [-0.15, -0.1) is 6.42 Å². The summed E-state index contributed by atoms with van der Waals surface area (Å²) >= 11 is 0. The summed E-state index contributed by atoms with van der Waals surface area (Å²) in [5.41, 5.74) is 10.7. The van der Waals surface area contributed by atoms with Crippen molar-refractivity contribution < 1.29 is 9.47 Å². The maximum absolute atomic E-state index is 6.68. The standard InChI is InChI=1S/C61H52N2O2/c1-8-39(2)33-45-29-28-43(6)64-60-32-30-48(36-54(45)60)63(47-21-13-10-14-22-47)58-38-56-49-23-15-17-25-51(49)57(37-55(56)50-24-16-18-26-52(50)58)62(46-19-11-9-12-20-46)42(5)35-41(4)61-44(7)53-34-40(3)27-31-59(53)65-61/h1,9-27,30-34,36-38,41,43,45,53,59H,5,35H2,2-4,6-7H3/b39-33-. The first-order valence-corrected chi connectivity index (χ1v) is 22.6. The molecule has 5 unspecified atom stereocenters. The lowest BCUT2D eigenvalue weighted by molar-refractivity contribution is 0.141. The van der Waals surface area contributed by atoms with Crippen LogP contribution >= 0.6 is 0 Å². The minimum Gasteiger partial charge on any atom is -0.489 e. The first-order valence-electron chi connectivity index (χ1n) is 22.6. The zero-order valence-corrected chi connectivity index (χ0v) is 37.7. The maximum atomic E-state index is 6.68. The van der Waals surface area contributed by atoms with Gasteiger partial charge in [0.2, 0.25) is 0 Å². The van der Waals surface area contributed by atoms with Crippen molar-refractivity contribution in [2.24, 2.45) is 11.8 Å². The van der Waals surface area contributed by atoms with Crippen LogP contribution in [0.1, 0.15) is 52.5 Å². The predicted molar refractivity (Wildman–Crippen MR) is 272 cm³/mol. The fourth-order valence-electron chi connectivity index (χ4n) is 10.0. The monoisotopic (exact) mass is 844 g/mol. The van der Waals surface area contributed by atoms with Gasteiger partial charge in [-0.1, -0.05) is 140 Å². The number of hydrogen-bond donors (Lipinski definition) is 0. The Balaban J connectivity index is 1.15. The fourth-order valence-corrected chi connectivity index (χ4v) is 10.0. The summed E-state index contributed by atoms with van der Waals surface area (Å²) in [5, 5.41) is 6.91. The minimum absolute atomic E-state index is 0.0521. The summed E-state index contributed by atoms with van der Waals surface area (Å²) < 4.78 is 13.1. The Morgan fingerprint density at radius 3 is 2.03 bits per heavy atom. The normalized spacial score (nSPS) is 19.2. The van der Waals surface area contributed by atoms with Gasteiger partial charge in [0, 0.05) is 50.9 Å². The molecule has 0 N–H and O–H groups in total. The van der Waals surface area contributed by atoms with Crippen molar-refractivity contribution in [1.82, 2.24) is 0 Å². The first-order chi connectivity index (χ1) is 31.7. The average Bonchev–Trinajstić information content (AvgIpc) is 3.57. The molecule has 0 saturated carbocycles. The molecule has 3 aliphatic rings. The number of rotatable bonds is 10. The van der Waals surface area contributed by atoms with Crippen molar-refractivity contribution >= 4 is 60.8 Å². The predicted octanol–water partition coefficient (Wildman–Crippen LogP) is 15.5. The Bertz CT molecular complexity index is 3260. The van der Waals surface area contributed by atoms with E-state index in [1.54, 1.807) is 0 Å². The van der Waals surface area contributed by atoms with Crippen molar-refractivity contribution in [3.8, 4) is 29.9 Å². The Morgan fingerprint density at radius 1 is 0.738 bits per heavy atom. The van der Waals surface area contributed by atoms with E-state index in [0.29, 0.717) is 0 Å². The van der Waals surface area contributed by atoms with Crippen molar-refractivity contribution in [1.29, 1.82) is 0 Å². The van der Waals surface area contributed by atoms with Gasteiger partial charge in [-0.2, -0.15) is 0 Å². The second-order valence-electron chi connectivity index (χ2n) is 17.7. The molecule has 7 aromatic rings. The van der Waals surface area contributed by atoms with Crippen LogP contribution in [0.25, 0.3) is 32.3 Å². The van der Waals surface area contributed by atoms with Crippen LogP contribution in [0.5, 0.6) is 5.75 Å². The lowest BCUT2D eigenvalue weighted by atomic mass is 9.88. The topological polar surface area (TPSA) is 24.9 Å². The van der Waals surface area contributed by atoms with Crippen LogP contribution in [0.4, 0.5) is 28.4 Å². The highest BCUT2D eigenvalue weighted by Gasteiger charge is 2.35. The molecule has 0 saturated heterocycles. The summed E-state index contributed by atoms with van der Waals surface area (Å²) in [4.78, 5) is 4.74. The molecule has 10 rings (SSSR count). The molecule has 0 aromatic heterocycles. The molecular formula is C61H52N2O2. The number of para-hydroxylation sites is 2. The highest BCUT2D eigenvalue weighted by molar-refractivity contribution is 6.24. The third kappa shape index (κ3) is 7.66. The highest BCUT2D eigenvalue weighted by Crippen LogP contribution is 2.49.